The summed E-state index contributed by atoms with van der Waals surface area (Å²) in [5.74, 6) is 0.325. The van der Waals surface area contributed by atoms with E-state index in [9.17, 15) is 4.79 Å². The van der Waals surface area contributed by atoms with Crippen molar-refractivity contribution in [2.45, 2.75) is 6.04 Å². The minimum absolute atomic E-state index is 0. The third kappa shape index (κ3) is 6.42. The molecule has 0 fully saturated rings. The summed E-state index contributed by atoms with van der Waals surface area (Å²) in [5.41, 5.74) is 7.12. The molecule has 1 radical (unpaired) electrons. The number of ketones is 1. The van der Waals surface area contributed by atoms with Gasteiger partial charge in [-0.25, -0.2) is 0 Å². The smallest absolute Gasteiger partial charge is 0.130 e. The Bertz CT molecular complexity index is 104. The number of thioether (sulfide) groups is 1. The van der Waals surface area contributed by atoms with E-state index in [0.29, 0.717) is 5.75 Å². The molecular formula is C5H9AcClNOS-. The Kier molecular flexibility index (Phi) is 12.5. The number of alkyl halides is 1. The fourth-order valence-corrected chi connectivity index (χ4v) is 1.06. The number of carbonyl (C=O) groups excluding carboxylic acids is 1. The van der Waals surface area contributed by atoms with Gasteiger partial charge in [-0.15, -0.1) is 11.6 Å². The van der Waals surface area contributed by atoms with E-state index in [1.165, 1.54) is 11.8 Å². The maximum Gasteiger partial charge on any atom is 0.130 e. The molecule has 0 saturated carbocycles. The minimum atomic E-state index is -0.627. The molecule has 0 aromatic carbocycles. The molecule has 1 N–H and O–H groups in total. The van der Waals surface area contributed by atoms with Gasteiger partial charge in [0.25, 0.3) is 0 Å². The van der Waals surface area contributed by atoms with E-state index in [1.54, 1.807) is 0 Å². The molecule has 0 aliphatic heterocycles. The topological polar surface area (TPSA) is 40.9 Å². The van der Waals surface area contributed by atoms with Gasteiger partial charge >= 0.3 is 0 Å². The summed E-state index contributed by atoms with van der Waals surface area (Å²) in [7, 11) is 0. The molecule has 0 aliphatic carbocycles. The first kappa shape index (κ1) is 14.2. The molecule has 0 bridgehead atoms. The molecule has 1 unspecified atom stereocenters. The van der Waals surface area contributed by atoms with E-state index in [2.05, 4.69) is 0 Å². The average molecular weight is 394 g/mol. The maximum atomic E-state index is 10.6. The van der Waals surface area contributed by atoms with Crippen molar-refractivity contribution >= 4 is 29.1 Å². The normalized spacial score (nSPS) is 11.9. The molecule has 0 aromatic heterocycles. The summed E-state index contributed by atoms with van der Waals surface area (Å²) in [5, 5.41) is 0. The van der Waals surface area contributed by atoms with Gasteiger partial charge in [0, 0.05) is 44.1 Å². The first-order valence-electron chi connectivity index (χ1n) is 2.51. The Balaban J connectivity index is 0. The summed E-state index contributed by atoms with van der Waals surface area (Å²) in [6, 6.07) is -0.627. The third-order valence-corrected chi connectivity index (χ3v) is 1.78. The number of nitrogens with one attached hydrogen (secondary N) is 1. The standard InChI is InChI=1S/C5H9ClNOS.Ac/c1-9-3-4(7)5(8)2-6;/h4,7H,2-3H2,1H3;/q-1;. The number of Topliss-reactive ketones (excluding diaryl/α,β-unsaturated/α-hetero) is 1. The van der Waals surface area contributed by atoms with E-state index in [-0.39, 0.29) is 55.7 Å². The summed E-state index contributed by atoms with van der Waals surface area (Å²) >= 11 is 6.69. The van der Waals surface area contributed by atoms with E-state index >= 15 is 0 Å². The zero-order chi connectivity index (χ0) is 7.28. The second-order valence-corrected chi connectivity index (χ2v) is 2.79. The predicted octanol–water partition coefficient (Wildman–Crippen LogP) is 1.58. The quantitative estimate of drug-likeness (QED) is 0.681. The van der Waals surface area contributed by atoms with Crippen LogP contribution in [0, 0.1) is 44.1 Å². The van der Waals surface area contributed by atoms with Crippen LogP contribution in [0.5, 0.6) is 0 Å². The average Bonchev–Trinajstić information content (AvgIpc) is 1.87. The summed E-state index contributed by atoms with van der Waals surface area (Å²) in [6.07, 6.45) is 1.86. The van der Waals surface area contributed by atoms with Crippen LogP contribution in [0.3, 0.4) is 0 Å². The van der Waals surface area contributed by atoms with Gasteiger partial charge in [0.15, 0.2) is 0 Å². The molecule has 2 nitrogen and oxygen atoms in total. The van der Waals surface area contributed by atoms with Gasteiger partial charge in [0.1, 0.15) is 5.78 Å². The Morgan fingerprint density at radius 3 is 2.60 bits per heavy atom. The zero-order valence-corrected chi connectivity index (χ0v) is 12.1. The first-order chi connectivity index (χ1) is 4.22. The molecule has 0 spiro atoms. The molecule has 0 saturated heterocycles. The molecular weight excluding hydrogens is 385 g/mol. The van der Waals surface area contributed by atoms with Crippen LogP contribution in [-0.4, -0.2) is 29.7 Å². The van der Waals surface area contributed by atoms with E-state index < -0.39 is 6.04 Å². The maximum absolute atomic E-state index is 10.6. The van der Waals surface area contributed by atoms with Crippen molar-refractivity contribution in [3.63, 3.8) is 0 Å². The molecule has 1 atom stereocenters. The van der Waals surface area contributed by atoms with Crippen molar-refractivity contribution in [1.29, 1.82) is 0 Å². The van der Waals surface area contributed by atoms with Gasteiger partial charge in [0.2, 0.25) is 0 Å². The molecule has 0 aromatic rings. The predicted molar refractivity (Wildman–Crippen MR) is 42.2 cm³/mol. The van der Waals surface area contributed by atoms with E-state index in [0.717, 1.165) is 0 Å². The Morgan fingerprint density at radius 2 is 2.30 bits per heavy atom. The summed E-state index contributed by atoms with van der Waals surface area (Å²) < 4.78 is 0. The van der Waals surface area contributed by atoms with Crippen LogP contribution in [0.4, 0.5) is 0 Å². The molecule has 57 valence electrons. The number of rotatable bonds is 4. The Labute approximate surface area is 106 Å². The van der Waals surface area contributed by atoms with Gasteiger partial charge in [-0.3, -0.25) is 0 Å². The van der Waals surface area contributed by atoms with Crippen LogP contribution in [-0.2, 0) is 4.79 Å². The van der Waals surface area contributed by atoms with Crippen LogP contribution in [0.1, 0.15) is 0 Å². The van der Waals surface area contributed by atoms with Crippen molar-refractivity contribution in [2.75, 3.05) is 17.9 Å². The van der Waals surface area contributed by atoms with Crippen molar-refractivity contribution in [2.24, 2.45) is 0 Å². The number of halogens is 1. The summed E-state index contributed by atoms with van der Waals surface area (Å²) in [4.78, 5) is 10.6. The minimum Gasteiger partial charge on any atom is -0.668 e. The van der Waals surface area contributed by atoms with Crippen LogP contribution in [0.2, 0.25) is 0 Å². The van der Waals surface area contributed by atoms with E-state index in [1.807, 2.05) is 6.26 Å². The second-order valence-electron chi connectivity index (χ2n) is 1.61. The Hall–Kier alpha value is 1.71. The van der Waals surface area contributed by atoms with Crippen molar-refractivity contribution in [3.05, 3.63) is 5.73 Å². The Morgan fingerprint density at radius 1 is 1.80 bits per heavy atom. The van der Waals surface area contributed by atoms with Crippen LogP contribution < -0.4 is 0 Å². The van der Waals surface area contributed by atoms with E-state index in [4.69, 9.17) is 17.3 Å². The molecule has 5 heteroatoms. The molecule has 0 aliphatic rings. The van der Waals surface area contributed by atoms with Crippen molar-refractivity contribution in [3.8, 4) is 0 Å². The fourth-order valence-electron chi connectivity index (χ4n) is 0.353. The number of hydrogen-bond donors (Lipinski definition) is 0. The van der Waals surface area contributed by atoms with Gasteiger partial charge in [-0.05, 0) is 12.0 Å². The largest absolute Gasteiger partial charge is 0.668 e. The van der Waals surface area contributed by atoms with Crippen LogP contribution in [0.25, 0.3) is 5.73 Å². The monoisotopic (exact) mass is 393 g/mol. The zero-order valence-electron chi connectivity index (χ0n) is 5.76. The third-order valence-electron chi connectivity index (χ3n) is 0.854. The second kappa shape index (κ2) is 8.80. The van der Waals surface area contributed by atoms with Gasteiger partial charge in [0.05, 0.1) is 5.88 Å². The SMILES string of the molecule is CSCC([NH-])C(=O)CCl.[Ac]. The van der Waals surface area contributed by atoms with Crippen molar-refractivity contribution in [1.82, 2.24) is 0 Å². The molecule has 0 rings (SSSR count). The van der Waals surface area contributed by atoms with Crippen molar-refractivity contribution < 1.29 is 48.9 Å². The summed E-state index contributed by atoms with van der Waals surface area (Å²) in [6.45, 7) is 0. The molecule has 10 heavy (non-hydrogen) atoms. The van der Waals surface area contributed by atoms with Crippen LogP contribution >= 0.6 is 23.4 Å². The van der Waals surface area contributed by atoms with Crippen LogP contribution in [0.15, 0.2) is 0 Å². The number of carbonyl (C=O) groups is 1. The van der Waals surface area contributed by atoms with Gasteiger partial charge in [-0.2, -0.15) is 11.8 Å². The first-order valence-corrected chi connectivity index (χ1v) is 4.44. The molecule has 0 amide bonds. The van der Waals surface area contributed by atoms with Gasteiger partial charge in [-0.1, -0.05) is 6.04 Å². The fraction of sp³-hybridized carbons (Fsp3) is 0.800. The van der Waals surface area contributed by atoms with Gasteiger partial charge < -0.3 is 10.5 Å². The molecule has 0 heterocycles. The number of hydrogen-bond acceptors (Lipinski definition) is 2.